The largest absolute Gasteiger partial charge is 0.478 e. The molecule has 2 heterocycles. The molecule has 3 rings (SSSR count). The number of aromatic nitrogens is 2. The molecular weight excluding hydrogens is 292 g/mol. The molecule has 0 saturated carbocycles. The molecule has 1 aromatic carbocycles. The van der Waals surface area contributed by atoms with E-state index in [-0.39, 0.29) is 5.41 Å². The van der Waals surface area contributed by atoms with Gasteiger partial charge in [-0.25, -0.2) is 9.78 Å². The van der Waals surface area contributed by atoms with E-state index in [1.807, 2.05) is 27.7 Å². The van der Waals surface area contributed by atoms with Crippen LogP contribution in [0.15, 0.2) is 6.07 Å². The van der Waals surface area contributed by atoms with Crippen molar-refractivity contribution in [2.45, 2.75) is 40.0 Å². The number of ether oxygens (including phenoxy) is 1. The van der Waals surface area contributed by atoms with E-state index in [2.05, 4.69) is 11.9 Å². The highest BCUT2D eigenvalue weighted by atomic mass is 16.5. The number of imidazole rings is 1. The Morgan fingerprint density at radius 1 is 1.22 bits per heavy atom. The minimum atomic E-state index is -0.903. The number of nitrogens with zero attached hydrogens (tertiary/aromatic N) is 1. The Kier molecular flexibility index (Phi) is 3.56. The number of carbonyl (C=O) groups is 1. The standard InChI is InChI=1S/C18H22N2O3/c1-9-10(2)13(6-14(11(9)3)16(21)22)15-12(4)19-17(20-15)18(5)7-23-8-18/h6H,7-8H2,1-5H3,(H,19,20)(H,21,22). The molecule has 5 heteroatoms. The Balaban J connectivity index is 2.17. The molecule has 0 aliphatic carbocycles. The third-order valence-electron chi connectivity index (χ3n) is 5.00. The van der Waals surface area contributed by atoms with Gasteiger partial charge in [0.2, 0.25) is 0 Å². The lowest BCUT2D eigenvalue weighted by molar-refractivity contribution is -0.0539. The SMILES string of the molecule is Cc1[nH]c(C2(C)COC2)nc1-c1cc(C(=O)O)c(C)c(C)c1C. The second-order valence-electron chi connectivity index (χ2n) is 6.76. The summed E-state index contributed by atoms with van der Waals surface area (Å²) in [5.74, 6) is 0.00497. The number of hydrogen-bond donors (Lipinski definition) is 2. The molecular formula is C18H22N2O3. The predicted molar refractivity (Wildman–Crippen MR) is 88.1 cm³/mol. The average Bonchev–Trinajstić information content (AvgIpc) is 2.84. The molecule has 1 fully saturated rings. The number of rotatable bonds is 3. The third kappa shape index (κ3) is 2.36. The quantitative estimate of drug-likeness (QED) is 0.911. The number of aromatic amines is 1. The molecule has 0 spiro atoms. The van der Waals surface area contributed by atoms with E-state index in [4.69, 9.17) is 9.72 Å². The lowest BCUT2D eigenvalue weighted by Gasteiger charge is -2.36. The summed E-state index contributed by atoms with van der Waals surface area (Å²) in [5, 5.41) is 9.46. The molecule has 1 aliphatic rings. The second-order valence-corrected chi connectivity index (χ2v) is 6.76. The zero-order valence-corrected chi connectivity index (χ0v) is 14.2. The molecule has 0 radical (unpaired) electrons. The molecule has 0 bridgehead atoms. The number of carboxylic acids is 1. The zero-order valence-electron chi connectivity index (χ0n) is 14.2. The summed E-state index contributed by atoms with van der Waals surface area (Å²) in [4.78, 5) is 19.7. The molecule has 1 aliphatic heterocycles. The Labute approximate surface area is 135 Å². The monoisotopic (exact) mass is 314 g/mol. The fourth-order valence-corrected chi connectivity index (χ4v) is 3.07. The van der Waals surface area contributed by atoms with Crippen LogP contribution < -0.4 is 0 Å². The molecule has 0 amide bonds. The molecule has 1 aromatic heterocycles. The van der Waals surface area contributed by atoms with Gasteiger partial charge in [0.05, 0.1) is 29.9 Å². The van der Waals surface area contributed by atoms with E-state index < -0.39 is 5.97 Å². The van der Waals surface area contributed by atoms with Crippen molar-refractivity contribution in [1.29, 1.82) is 0 Å². The van der Waals surface area contributed by atoms with E-state index >= 15 is 0 Å². The molecule has 1 saturated heterocycles. The van der Waals surface area contributed by atoms with Crippen molar-refractivity contribution >= 4 is 5.97 Å². The van der Waals surface area contributed by atoms with E-state index in [1.165, 1.54) is 0 Å². The highest BCUT2D eigenvalue weighted by Crippen LogP contribution is 2.35. The summed E-state index contributed by atoms with van der Waals surface area (Å²) in [5.41, 5.74) is 5.82. The van der Waals surface area contributed by atoms with E-state index in [9.17, 15) is 9.90 Å². The van der Waals surface area contributed by atoms with Crippen molar-refractivity contribution in [3.05, 3.63) is 39.8 Å². The Bertz CT molecular complexity index is 801. The molecule has 0 unspecified atom stereocenters. The summed E-state index contributed by atoms with van der Waals surface area (Å²) >= 11 is 0. The summed E-state index contributed by atoms with van der Waals surface area (Å²) in [6, 6.07) is 1.74. The minimum Gasteiger partial charge on any atom is -0.478 e. The number of hydrogen-bond acceptors (Lipinski definition) is 3. The van der Waals surface area contributed by atoms with Gasteiger partial charge in [0.25, 0.3) is 0 Å². The van der Waals surface area contributed by atoms with Crippen molar-refractivity contribution in [1.82, 2.24) is 9.97 Å². The van der Waals surface area contributed by atoms with Crippen LogP contribution in [0.3, 0.4) is 0 Å². The van der Waals surface area contributed by atoms with Crippen LogP contribution in [0.1, 0.15) is 45.5 Å². The van der Waals surface area contributed by atoms with Crippen LogP contribution in [-0.4, -0.2) is 34.3 Å². The van der Waals surface area contributed by atoms with Gasteiger partial charge in [-0.15, -0.1) is 0 Å². The lowest BCUT2D eigenvalue weighted by Crippen LogP contribution is -2.44. The van der Waals surface area contributed by atoms with Gasteiger partial charge in [-0.05, 0) is 57.4 Å². The smallest absolute Gasteiger partial charge is 0.335 e. The summed E-state index contributed by atoms with van der Waals surface area (Å²) < 4.78 is 5.32. The van der Waals surface area contributed by atoms with Gasteiger partial charge >= 0.3 is 5.97 Å². The second kappa shape index (κ2) is 5.20. The van der Waals surface area contributed by atoms with Gasteiger partial charge in [0, 0.05) is 11.3 Å². The first-order chi connectivity index (χ1) is 10.7. The van der Waals surface area contributed by atoms with Crippen molar-refractivity contribution in [2.24, 2.45) is 0 Å². The van der Waals surface area contributed by atoms with E-state index in [1.54, 1.807) is 6.07 Å². The molecule has 122 valence electrons. The van der Waals surface area contributed by atoms with Crippen LogP contribution in [0.5, 0.6) is 0 Å². The molecule has 5 nitrogen and oxygen atoms in total. The van der Waals surface area contributed by atoms with Gasteiger partial charge in [-0.3, -0.25) is 0 Å². The van der Waals surface area contributed by atoms with Crippen LogP contribution >= 0.6 is 0 Å². The van der Waals surface area contributed by atoms with Crippen molar-refractivity contribution in [3.63, 3.8) is 0 Å². The number of aryl methyl sites for hydroxylation is 1. The van der Waals surface area contributed by atoms with Crippen LogP contribution in [-0.2, 0) is 10.2 Å². The normalized spacial score (nSPS) is 16.2. The predicted octanol–water partition coefficient (Wildman–Crippen LogP) is 3.30. The van der Waals surface area contributed by atoms with Gasteiger partial charge in [0.15, 0.2) is 0 Å². The van der Waals surface area contributed by atoms with E-state index in [0.717, 1.165) is 39.5 Å². The van der Waals surface area contributed by atoms with Crippen LogP contribution in [0.4, 0.5) is 0 Å². The lowest BCUT2D eigenvalue weighted by atomic mass is 9.88. The first kappa shape index (κ1) is 15.7. The Hall–Kier alpha value is -2.14. The van der Waals surface area contributed by atoms with Gasteiger partial charge in [-0.1, -0.05) is 0 Å². The fourth-order valence-electron chi connectivity index (χ4n) is 3.07. The highest BCUT2D eigenvalue weighted by Gasteiger charge is 2.38. The van der Waals surface area contributed by atoms with E-state index in [0.29, 0.717) is 18.8 Å². The summed E-state index contributed by atoms with van der Waals surface area (Å²) in [6.45, 7) is 11.2. The first-order valence-electron chi connectivity index (χ1n) is 7.74. The van der Waals surface area contributed by atoms with Crippen molar-refractivity contribution in [3.8, 4) is 11.3 Å². The van der Waals surface area contributed by atoms with Crippen LogP contribution in [0.25, 0.3) is 11.3 Å². The molecule has 23 heavy (non-hydrogen) atoms. The first-order valence-corrected chi connectivity index (χ1v) is 7.74. The topological polar surface area (TPSA) is 75.2 Å². The van der Waals surface area contributed by atoms with Gasteiger partial charge in [-0.2, -0.15) is 0 Å². The van der Waals surface area contributed by atoms with Gasteiger partial charge in [0.1, 0.15) is 5.82 Å². The van der Waals surface area contributed by atoms with Crippen LogP contribution in [0.2, 0.25) is 0 Å². The average molecular weight is 314 g/mol. The Morgan fingerprint density at radius 3 is 2.39 bits per heavy atom. The minimum absolute atomic E-state index is 0.0771. The fraction of sp³-hybridized carbons (Fsp3) is 0.444. The number of aromatic carboxylic acids is 1. The van der Waals surface area contributed by atoms with Crippen molar-refractivity contribution < 1.29 is 14.6 Å². The van der Waals surface area contributed by atoms with Gasteiger partial charge < -0.3 is 14.8 Å². The maximum absolute atomic E-state index is 11.5. The zero-order chi connectivity index (χ0) is 16.9. The van der Waals surface area contributed by atoms with Crippen molar-refractivity contribution in [2.75, 3.05) is 13.2 Å². The molecule has 2 aromatic rings. The summed E-state index contributed by atoms with van der Waals surface area (Å²) in [6.07, 6.45) is 0. The maximum Gasteiger partial charge on any atom is 0.335 e. The molecule has 0 atom stereocenters. The number of carboxylic acid groups (broad SMARTS) is 1. The number of nitrogens with one attached hydrogen (secondary N) is 1. The molecule has 2 N–H and O–H groups in total. The highest BCUT2D eigenvalue weighted by molar-refractivity contribution is 5.92. The Morgan fingerprint density at radius 2 is 1.87 bits per heavy atom. The number of benzene rings is 1. The summed E-state index contributed by atoms with van der Waals surface area (Å²) in [7, 11) is 0. The van der Waals surface area contributed by atoms with Crippen LogP contribution in [0, 0.1) is 27.7 Å². The number of H-pyrrole nitrogens is 1. The maximum atomic E-state index is 11.5. The third-order valence-corrected chi connectivity index (χ3v) is 5.00.